The Morgan fingerprint density at radius 1 is 1.50 bits per heavy atom. The van der Waals surface area contributed by atoms with Crippen LogP contribution in [0.2, 0.25) is 0 Å². The number of primary amides is 1. The first-order valence-corrected chi connectivity index (χ1v) is 5.82. The number of carbonyl (C=O) groups excluding carboxylic acids is 1. The van der Waals surface area contributed by atoms with Gasteiger partial charge in [0.1, 0.15) is 6.61 Å². The molecule has 0 fully saturated rings. The lowest BCUT2D eigenvalue weighted by Gasteiger charge is -2.09. The predicted octanol–water partition coefficient (Wildman–Crippen LogP) is 1.56. The number of amides is 1. The molecule has 94 valence electrons. The third-order valence-electron chi connectivity index (χ3n) is 2.30. The topological polar surface area (TPSA) is 90.4 Å². The Balaban J connectivity index is 2.20. The van der Waals surface area contributed by atoms with Crippen molar-refractivity contribution >= 4 is 21.8 Å². The highest BCUT2D eigenvalue weighted by atomic mass is 79.9. The highest BCUT2D eigenvalue weighted by Crippen LogP contribution is 2.22. The van der Waals surface area contributed by atoms with E-state index in [-0.39, 0.29) is 12.5 Å². The molecule has 7 heteroatoms. The Hall–Kier alpha value is -2.02. The molecular weight excluding hydrogens is 302 g/mol. The fourth-order valence-corrected chi connectivity index (χ4v) is 1.94. The average molecular weight is 312 g/mol. The monoisotopic (exact) mass is 311 g/mol. The van der Waals surface area contributed by atoms with Gasteiger partial charge in [0.05, 0.1) is 6.20 Å². The number of nitrogens with two attached hydrogens (primary N) is 1. The lowest BCUT2D eigenvalue weighted by molar-refractivity contribution is 0.0997. The third kappa shape index (κ3) is 2.62. The van der Waals surface area contributed by atoms with Crippen LogP contribution in [0.1, 0.15) is 15.9 Å². The Morgan fingerprint density at radius 3 is 2.89 bits per heavy atom. The van der Waals surface area contributed by atoms with Gasteiger partial charge in [-0.1, -0.05) is 27.1 Å². The summed E-state index contributed by atoms with van der Waals surface area (Å²) in [4.78, 5) is 11.9. The molecule has 1 aromatic heterocycles. The van der Waals surface area contributed by atoms with Crippen molar-refractivity contribution in [2.75, 3.05) is 0 Å². The minimum absolute atomic E-state index is 0.122. The number of nitrogens with zero attached hydrogens (tertiary/aromatic N) is 2. The van der Waals surface area contributed by atoms with Crippen LogP contribution >= 0.6 is 15.9 Å². The standard InChI is InChI=1S/C11H10BrN3O3/c12-9-3-1-2-7(11(13)16)8(9)6-18-10-4-5-15(17)14-10/h1-5,17H,6H2,(H2,13,16). The summed E-state index contributed by atoms with van der Waals surface area (Å²) in [7, 11) is 0. The molecule has 0 unspecified atom stereocenters. The summed E-state index contributed by atoms with van der Waals surface area (Å²) in [5.41, 5.74) is 6.30. The van der Waals surface area contributed by atoms with Crippen molar-refractivity contribution in [2.45, 2.75) is 6.61 Å². The van der Waals surface area contributed by atoms with E-state index in [9.17, 15) is 4.79 Å². The first-order chi connectivity index (χ1) is 8.58. The van der Waals surface area contributed by atoms with Crippen LogP contribution in [0.4, 0.5) is 0 Å². The smallest absolute Gasteiger partial charge is 0.249 e. The molecule has 6 nitrogen and oxygen atoms in total. The van der Waals surface area contributed by atoms with Gasteiger partial charge in [-0.15, -0.1) is 4.85 Å². The Morgan fingerprint density at radius 2 is 2.28 bits per heavy atom. The van der Waals surface area contributed by atoms with E-state index >= 15 is 0 Å². The lowest BCUT2D eigenvalue weighted by Crippen LogP contribution is -2.15. The predicted molar refractivity (Wildman–Crippen MR) is 66.4 cm³/mol. The fourth-order valence-electron chi connectivity index (χ4n) is 1.46. The van der Waals surface area contributed by atoms with Crippen LogP contribution in [0.5, 0.6) is 5.88 Å². The molecule has 0 saturated carbocycles. The molecule has 0 atom stereocenters. The fraction of sp³-hybridized carbons (Fsp3) is 0.0909. The molecule has 1 heterocycles. The van der Waals surface area contributed by atoms with Crippen LogP contribution in [0.15, 0.2) is 34.9 Å². The second-order valence-corrected chi connectivity index (χ2v) is 4.35. The molecule has 2 aromatic rings. The molecule has 0 radical (unpaired) electrons. The van der Waals surface area contributed by atoms with Crippen molar-refractivity contribution < 1.29 is 14.7 Å². The maximum atomic E-state index is 11.3. The molecule has 0 bridgehead atoms. The van der Waals surface area contributed by atoms with Gasteiger partial charge in [-0.2, -0.15) is 0 Å². The van der Waals surface area contributed by atoms with Crippen molar-refractivity contribution in [1.82, 2.24) is 9.94 Å². The van der Waals surface area contributed by atoms with Crippen LogP contribution in [0.25, 0.3) is 0 Å². The summed E-state index contributed by atoms with van der Waals surface area (Å²) in [5.74, 6) is -0.272. The van der Waals surface area contributed by atoms with E-state index in [0.29, 0.717) is 16.0 Å². The molecule has 2 rings (SSSR count). The average Bonchev–Trinajstić information content (AvgIpc) is 2.73. The van der Waals surface area contributed by atoms with Gasteiger partial charge in [0.2, 0.25) is 11.8 Å². The summed E-state index contributed by atoms with van der Waals surface area (Å²) >= 11 is 3.33. The Kier molecular flexibility index (Phi) is 3.52. The molecule has 0 saturated heterocycles. The third-order valence-corrected chi connectivity index (χ3v) is 3.04. The van der Waals surface area contributed by atoms with E-state index in [2.05, 4.69) is 21.0 Å². The van der Waals surface area contributed by atoms with Crippen LogP contribution in [0, 0.1) is 0 Å². The lowest BCUT2D eigenvalue weighted by atomic mass is 10.1. The van der Waals surface area contributed by atoms with Gasteiger partial charge in [-0.25, -0.2) is 0 Å². The van der Waals surface area contributed by atoms with E-state index in [4.69, 9.17) is 15.7 Å². The van der Waals surface area contributed by atoms with Gasteiger partial charge in [-0.05, 0) is 12.1 Å². The summed E-state index contributed by atoms with van der Waals surface area (Å²) in [6, 6.07) is 6.63. The molecule has 0 aliphatic rings. The van der Waals surface area contributed by atoms with Crippen molar-refractivity contribution in [2.24, 2.45) is 5.73 Å². The first-order valence-electron chi connectivity index (χ1n) is 5.03. The molecule has 1 aromatic carbocycles. The van der Waals surface area contributed by atoms with Gasteiger partial charge in [0.15, 0.2) is 0 Å². The summed E-state index contributed by atoms with van der Waals surface area (Å²) in [6.45, 7) is 0.122. The van der Waals surface area contributed by atoms with E-state index in [1.54, 1.807) is 18.2 Å². The minimum Gasteiger partial charge on any atom is -0.472 e. The van der Waals surface area contributed by atoms with Gasteiger partial charge >= 0.3 is 0 Å². The maximum Gasteiger partial charge on any atom is 0.249 e. The molecule has 3 N–H and O–H groups in total. The second-order valence-electron chi connectivity index (χ2n) is 3.49. The molecule has 0 aliphatic carbocycles. The van der Waals surface area contributed by atoms with E-state index in [1.165, 1.54) is 12.3 Å². The number of benzene rings is 1. The highest BCUT2D eigenvalue weighted by Gasteiger charge is 2.12. The SMILES string of the molecule is NC(=O)c1cccc(Br)c1COc1ccn(O)n1. The molecule has 0 spiro atoms. The van der Waals surface area contributed by atoms with Crippen molar-refractivity contribution in [3.63, 3.8) is 0 Å². The number of carbonyl (C=O) groups is 1. The Bertz CT molecular complexity index is 583. The summed E-state index contributed by atoms with van der Waals surface area (Å²) < 4.78 is 6.08. The molecular formula is C11H10BrN3O3. The zero-order chi connectivity index (χ0) is 13.1. The van der Waals surface area contributed by atoms with Crippen LogP contribution < -0.4 is 10.5 Å². The van der Waals surface area contributed by atoms with Gasteiger partial charge < -0.3 is 15.7 Å². The second kappa shape index (κ2) is 5.09. The number of aromatic nitrogens is 2. The van der Waals surface area contributed by atoms with Gasteiger partial charge in [-0.3, -0.25) is 4.79 Å². The zero-order valence-corrected chi connectivity index (χ0v) is 10.8. The van der Waals surface area contributed by atoms with Crippen molar-refractivity contribution in [3.8, 4) is 5.88 Å². The van der Waals surface area contributed by atoms with Crippen LogP contribution in [0.3, 0.4) is 0 Å². The normalized spacial score (nSPS) is 10.3. The first kappa shape index (κ1) is 12.4. The van der Waals surface area contributed by atoms with E-state index < -0.39 is 5.91 Å². The molecule has 18 heavy (non-hydrogen) atoms. The summed E-state index contributed by atoms with van der Waals surface area (Å²) in [5, 5.41) is 12.6. The van der Waals surface area contributed by atoms with Gasteiger partial charge in [0, 0.05) is 21.7 Å². The summed E-state index contributed by atoms with van der Waals surface area (Å²) in [6.07, 6.45) is 1.34. The molecule has 0 aliphatic heterocycles. The zero-order valence-electron chi connectivity index (χ0n) is 9.21. The Labute approximate surface area is 111 Å². The number of halogens is 1. The van der Waals surface area contributed by atoms with Crippen molar-refractivity contribution in [3.05, 3.63) is 46.1 Å². The minimum atomic E-state index is -0.525. The number of hydrogen-bond acceptors (Lipinski definition) is 4. The van der Waals surface area contributed by atoms with E-state index in [0.717, 1.165) is 4.47 Å². The quantitative estimate of drug-likeness (QED) is 0.838. The maximum absolute atomic E-state index is 11.3. The van der Waals surface area contributed by atoms with Gasteiger partial charge in [0.25, 0.3) is 0 Å². The highest BCUT2D eigenvalue weighted by molar-refractivity contribution is 9.10. The van der Waals surface area contributed by atoms with E-state index in [1.807, 2.05) is 0 Å². The van der Waals surface area contributed by atoms with Crippen LogP contribution in [-0.2, 0) is 6.61 Å². The number of ether oxygens (including phenoxy) is 1. The van der Waals surface area contributed by atoms with Crippen LogP contribution in [-0.4, -0.2) is 21.1 Å². The number of hydrogen-bond donors (Lipinski definition) is 2. The largest absolute Gasteiger partial charge is 0.472 e. The van der Waals surface area contributed by atoms with Crippen molar-refractivity contribution in [1.29, 1.82) is 0 Å². The molecule has 1 amide bonds. The number of rotatable bonds is 4.